The molecule has 1 saturated carbocycles. The Kier molecular flexibility index (Phi) is 1.61. The maximum atomic E-state index is 3.94. The third-order valence-electron chi connectivity index (χ3n) is 2.07. The molecule has 1 atom stereocenters. The third kappa shape index (κ3) is 1.38. The van der Waals surface area contributed by atoms with Crippen molar-refractivity contribution in [1.29, 1.82) is 0 Å². The van der Waals surface area contributed by atoms with Gasteiger partial charge in [-0.2, -0.15) is 0 Å². The molecule has 1 aliphatic carbocycles. The van der Waals surface area contributed by atoms with Crippen molar-refractivity contribution in [2.75, 3.05) is 0 Å². The van der Waals surface area contributed by atoms with Crippen LogP contribution in [0.2, 0.25) is 0 Å². The molecule has 56 valence electrons. The highest BCUT2D eigenvalue weighted by Crippen LogP contribution is 2.45. The zero-order valence-corrected chi connectivity index (χ0v) is 7.76. The fourth-order valence-corrected chi connectivity index (χ4v) is 1.52. The van der Waals surface area contributed by atoms with Crippen molar-refractivity contribution >= 4 is 15.9 Å². The second kappa shape index (κ2) is 2.49. The molecule has 0 radical (unpaired) electrons. The fraction of sp³-hybridized carbons (Fsp3) is 0.200. The second-order valence-corrected chi connectivity index (χ2v) is 3.88. The number of allylic oxidation sites excluding steroid dienone is 1. The number of hydrogen-bond donors (Lipinski definition) is 0. The Morgan fingerprint density at radius 3 is 2.27 bits per heavy atom. The van der Waals surface area contributed by atoms with Gasteiger partial charge in [0.25, 0.3) is 0 Å². The molecule has 1 heteroatoms. The number of rotatable bonds is 1. The highest BCUT2D eigenvalue weighted by Gasteiger charge is 2.28. The Bertz CT molecular complexity index is 284. The van der Waals surface area contributed by atoms with E-state index in [1.54, 1.807) is 0 Å². The van der Waals surface area contributed by atoms with Crippen molar-refractivity contribution in [2.24, 2.45) is 0 Å². The van der Waals surface area contributed by atoms with E-state index in [0.29, 0.717) is 5.92 Å². The van der Waals surface area contributed by atoms with Crippen LogP contribution in [0.4, 0.5) is 0 Å². The second-order valence-electron chi connectivity index (χ2n) is 2.97. The molecule has 0 heterocycles. The topological polar surface area (TPSA) is 0 Å². The highest BCUT2D eigenvalue weighted by molar-refractivity contribution is 9.10. The van der Waals surface area contributed by atoms with Gasteiger partial charge >= 0.3 is 0 Å². The van der Waals surface area contributed by atoms with Crippen LogP contribution in [0.5, 0.6) is 0 Å². The molecule has 11 heavy (non-hydrogen) atoms. The molecule has 0 bridgehead atoms. The van der Waals surface area contributed by atoms with Crippen LogP contribution in [-0.4, -0.2) is 0 Å². The van der Waals surface area contributed by atoms with E-state index in [4.69, 9.17) is 0 Å². The fourth-order valence-electron chi connectivity index (χ4n) is 1.25. The molecule has 0 amide bonds. The summed E-state index contributed by atoms with van der Waals surface area (Å²) >= 11 is 3.41. The first-order chi connectivity index (χ1) is 5.27. The lowest BCUT2D eigenvalue weighted by molar-refractivity contribution is 1.16. The van der Waals surface area contributed by atoms with Gasteiger partial charge in [0.1, 0.15) is 0 Å². The lowest BCUT2D eigenvalue weighted by Crippen LogP contribution is -1.76. The SMILES string of the molecule is C=C1CC1c1ccc(Br)cc1. The van der Waals surface area contributed by atoms with Crippen molar-refractivity contribution in [3.05, 3.63) is 46.5 Å². The zero-order valence-electron chi connectivity index (χ0n) is 6.18. The first-order valence-corrected chi connectivity index (χ1v) is 4.50. The van der Waals surface area contributed by atoms with Crippen molar-refractivity contribution in [2.45, 2.75) is 12.3 Å². The number of hydrogen-bond acceptors (Lipinski definition) is 0. The summed E-state index contributed by atoms with van der Waals surface area (Å²) in [4.78, 5) is 0. The van der Waals surface area contributed by atoms with Gasteiger partial charge in [0.05, 0.1) is 0 Å². The molecule has 2 rings (SSSR count). The maximum Gasteiger partial charge on any atom is 0.0175 e. The van der Waals surface area contributed by atoms with Crippen LogP contribution in [0.25, 0.3) is 0 Å². The highest BCUT2D eigenvalue weighted by atomic mass is 79.9. The van der Waals surface area contributed by atoms with Crippen LogP contribution in [0.1, 0.15) is 17.9 Å². The average Bonchev–Trinajstić information content (AvgIpc) is 2.69. The van der Waals surface area contributed by atoms with Gasteiger partial charge < -0.3 is 0 Å². The monoisotopic (exact) mass is 208 g/mol. The van der Waals surface area contributed by atoms with Gasteiger partial charge in [0, 0.05) is 10.4 Å². The van der Waals surface area contributed by atoms with Crippen molar-refractivity contribution in [3.8, 4) is 0 Å². The molecular formula is C10H9Br. The van der Waals surface area contributed by atoms with Crippen LogP contribution in [-0.2, 0) is 0 Å². The largest absolute Gasteiger partial charge is 0.0992 e. The molecular weight excluding hydrogens is 200 g/mol. The van der Waals surface area contributed by atoms with Crippen LogP contribution in [0.15, 0.2) is 40.9 Å². The summed E-state index contributed by atoms with van der Waals surface area (Å²) in [6.45, 7) is 3.94. The Hall–Kier alpha value is -0.560. The first-order valence-electron chi connectivity index (χ1n) is 3.70. The van der Waals surface area contributed by atoms with Crippen LogP contribution < -0.4 is 0 Å². The molecule has 0 nitrogen and oxygen atoms in total. The van der Waals surface area contributed by atoms with Gasteiger partial charge in [0.2, 0.25) is 0 Å². The minimum absolute atomic E-state index is 0.656. The molecule has 0 spiro atoms. The first kappa shape index (κ1) is 7.11. The van der Waals surface area contributed by atoms with Gasteiger partial charge in [-0.3, -0.25) is 0 Å². The van der Waals surface area contributed by atoms with E-state index in [2.05, 4.69) is 46.8 Å². The Labute approximate surface area is 75.1 Å². The van der Waals surface area contributed by atoms with E-state index in [0.717, 1.165) is 4.47 Å². The smallest absolute Gasteiger partial charge is 0.0175 e. The van der Waals surface area contributed by atoms with Gasteiger partial charge in [-0.05, 0) is 24.1 Å². The summed E-state index contributed by atoms with van der Waals surface area (Å²) in [7, 11) is 0. The van der Waals surface area contributed by atoms with Crippen molar-refractivity contribution in [1.82, 2.24) is 0 Å². The number of halogens is 1. The summed E-state index contributed by atoms with van der Waals surface area (Å²) in [6, 6.07) is 8.49. The van der Waals surface area contributed by atoms with Gasteiger partial charge in [-0.15, -0.1) is 0 Å². The minimum Gasteiger partial charge on any atom is -0.0992 e. The number of benzene rings is 1. The minimum atomic E-state index is 0.656. The standard InChI is InChI=1S/C10H9Br/c1-7-6-10(7)8-2-4-9(11)5-3-8/h2-5,10H,1,6H2. The normalized spacial score (nSPS) is 21.9. The molecule has 1 unspecified atom stereocenters. The predicted octanol–water partition coefficient (Wildman–Crippen LogP) is 3.49. The molecule has 1 fully saturated rings. The molecule has 0 aromatic heterocycles. The van der Waals surface area contributed by atoms with Gasteiger partial charge in [-0.1, -0.05) is 40.2 Å². The van der Waals surface area contributed by atoms with E-state index in [1.807, 2.05) is 0 Å². The van der Waals surface area contributed by atoms with Gasteiger partial charge in [0.15, 0.2) is 0 Å². The molecule has 1 aliphatic rings. The third-order valence-corrected chi connectivity index (χ3v) is 2.60. The van der Waals surface area contributed by atoms with Crippen LogP contribution >= 0.6 is 15.9 Å². The molecule has 0 saturated heterocycles. The Morgan fingerprint density at radius 2 is 1.82 bits per heavy atom. The van der Waals surface area contributed by atoms with E-state index >= 15 is 0 Å². The molecule has 1 aromatic rings. The van der Waals surface area contributed by atoms with Gasteiger partial charge in [-0.25, -0.2) is 0 Å². The van der Waals surface area contributed by atoms with E-state index < -0.39 is 0 Å². The zero-order chi connectivity index (χ0) is 7.84. The maximum absolute atomic E-state index is 3.94. The van der Waals surface area contributed by atoms with E-state index in [-0.39, 0.29) is 0 Å². The van der Waals surface area contributed by atoms with Crippen molar-refractivity contribution < 1.29 is 0 Å². The van der Waals surface area contributed by atoms with E-state index in [1.165, 1.54) is 17.6 Å². The quantitative estimate of drug-likeness (QED) is 0.621. The van der Waals surface area contributed by atoms with Crippen LogP contribution in [0, 0.1) is 0 Å². The van der Waals surface area contributed by atoms with Crippen LogP contribution in [0.3, 0.4) is 0 Å². The molecule has 0 N–H and O–H groups in total. The Balaban J connectivity index is 2.27. The summed E-state index contributed by atoms with van der Waals surface area (Å²) < 4.78 is 1.15. The summed E-state index contributed by atoms with van der Waals surface area (Å²) in [5, 5.41) is 0. The average molecular weight is 209 g/mol. The molecule has 1 aromatic carbocycles. The lowest BCUT2D eigenvalue weighted by Gasteiger charge is -1.95. The Morgan fingerprint density at radius 1 is 1.27 bits per heavy atom. The van der Waals surface area contributed by atoms with Crippen molar-refractivity contribution in [3.63, 3.8) is 0 Å². The summed E-state index contributed by atoms with van der Waals surface area (Å²) in [5.74, 6) is 0.656. The van der Waals surface area contributed by atoms with E-state index in [9.17, 15) is 0 Å². The molecule has 0 aliphatic heterocycles. The summed E-state index contributed by atoms with van der Waals surface area (Å²) in [6.07, 6.45) is 1.18. The lowest BCUT2D eigenvalue weighted by atomic mass is 10.1. The predicted molar refractivity (Wildman–Crippen MR) is 50.6 cm³/mol. The summed E-state index contributed by atoms with van der Waals surface area (Å²) in [5.41, 5.74) is 2.77.